The summed E-state index contributed by atoms with van der Waals surface area (Å²) in [5, 5.41) is 4.78. The zero-order chi connectivity index (χ0) is 24.0. The molecule has 172 valence electrons. The van der Waals surface area contributed by atoms with Crippen LogP contribution in [0.2, 0.25) is 10.0 Å². The molecule has 5 rings (SSSR count). The molecule has 0 unspecified atom stereocenters. The standard InChI is InChI=1S/C26H21Cl2FN4S/c1-15-14-17(16(2)32(15)22-12-7-8-18(27)23(22)28)25-24(20-10-5-6-13-30-20)31-26(34)33(25)21-11-4-3-9-19(21)29/h3-14,24-25H,1-2H3,(H,31,34)/t24-,25+/m1/s1. The fourth-order valence-electron chi connectivity index (χ4n) is 4.70. The normalized spacial score (nSPS) is 17.8. The monoisotopic (exact) mass is 510 g/mol. The molecular weight excluding hydrogens is 490 g/mol. The van der Waals surface area contributed by atoms with Crippen LogP contribution >= 0.6 is 35.4 Å². The van der Waals surface area contributed by atoms with E-state index in [1.54, 1.807) is 30.5 Å². The fourth-order valence-corrected chi connectivity index (χ4v) is 5.42. The average molecular weight is 511 g/mol. The highest BCUT2D eigenvalue weighted by Crippen LogP contribution is 2.44. The van der Waals surface area contributed by atoms with E-state index in [9.17, 15) is 4.39 Å². The second-order valence-electron chi connectivity index (χ2n) is 8.18. The summed E-state index contributed by atoms with van der Waals surface area (Å²) in [6.45, 7) is 4.04. The van der Waals surface area contributed by atoms with E-state index in [1.165, 1.54) is 6.07 Å². The van der Waals surface area contributed by atoms with Gasteiger partial charge < -0.3 is 14.8 Å². The van der Waals surface area contributed by atoms with Crippen molar-refractivity contribution in [3.63, 3.8) is 0 Å². The summed E-state index contributed by atoms with van der Waals surface area (Å²) >= 11 is 18.6. The Morgan fingerprint density at radius 1 is 0.971 bits per heavy atom. The minimum Gasteiger partial charge on any atom is -0.351 e. The van der Waals surface area contributed by atoms with Crippen LogP contribution in [-0.2, 0) is 0 Å². The lowest BCUT2D eigenvalue weighted by molar-refractivity contribution is 0.556. The first-order valence-electron chi connectivity index (χ1n) is 10.8. The van der Waals surface area contributed by atoms with E-state index in [1.807, 2.05) is 49.1 Å². The van der Waals surface area contributed by atoms with Gasteiger partial charge >= 0.3 is 0 Å². The van der Waals surface area contributed by atoms with Crippen molar-refractivity contribution in [2.45, 2.75) is 25.9 Å². The Labute approximate surface area is 213 Å². The van der Waals surface area contributed by atoms with E-state index in [0.717, 1.165) is 28.3 Å². The summed E-state index contributed by atoms with van der Waals surface area (Å²) in [7, 11) is 0. The third kappa shape index (κ3) is 3.76. The number of nitrogens with zero attached hydrogens (tertiary/aromatic N) is 3. The quantitative estimate of drug-likeness (QED) is 0.296. The van der Waals surface area contributed by atoms with Crippen LogP contribution in [0, 0.1) is 19.7 Å². The maximum Gasteiger partial charge on any atom is 0.174 e. The third-order valence-corrected chi connectivity index (χ3v) is 7.29. The van der Waals surface area contributed by atoms with Crippen LogP contribution in [0.25, 0.3) is 5.69 Å². The molecule has 0 aliphatic carbocycles. The Kier molecular flexibility index (Phi) is 6.06. The van der Waals surface area contributed by atoms with Crippen molar-refractivity contribution in [2.75, 3.05) is 4.90 Å². The third-order valence-electron chi connectivity index (χ3n) is 6.17. The molecule has 1 aliphatic rings. The predicted molar refractivity (Wildman–Crippen MR) is 140 cm³/mol. The van der Waals surface area contributed by atoms with Gasteiger partial charge in [0.15, 0.2) is 5.11 Å². The number of para-hydroxylation sites is 1. The molecule has 2 aromatic carbocycles. The van der Waals surface area contributed by atoms with Crippen LogP contribution in [0.5, 0.6) is 0 Å². The van der Waals surface area contributed by atoms with Crippen molar-refractivity contribution in [3.05, 3.63) is 111 Å². The molecule has 0 bridgehead atoms. The molecular formula is C26H21Cl2FN4S. The SMILES string of the molecule is Cc1cc([C@H]2[C@@H](c3ccccn3)NC(=S)N2c2ccccc2F)c(C)n1-c1cccc(Cl)c1Cl. The zero-order valence-corrected chi connectivity index (χ0v) is 20.8. The molecule has 4 aromatic rings. The Morgan fingerprint density at radius 2 is 1.71 bits per heavy atom. The smallest absolute Gasteiger partial charge is 0.174 e. The molecule has 3 heterocycles. The second-order valence-corrected chi connectivity index (χ2v) is 9.35. The molecule has 34 heavy (non-hydrogen) atoms. The van der Waals surface area contributed by atoms with E-state index in [0.29, 0.717) is 20.8 Å². The Bertz CT molecular complexity index is 1390. The summed E-state index contributed by atoms with van der Waals surface area (Å²) in [5.41, 5.74) is 4.94. The van der Waals surface area contributed by atoms with Crippen LogP contribution < -0.4 is 10.2 Å². The van der Waals surface area contributed by atoms with Gasteiger partial charge in [-0.25, -0.2) is 4.39 Å². The van der Waals surface area contributed by atoms with Crippen LogP contribution in [-0.4, -0.2) is 14.7 Å². The number of pyridine rings is 1. The maximum absolute atomic E-state index is 15.0. The first-order chi connectivity index (χ1) is 16.4. The van der Waals surface area contributed by atoms with Gasteiger partial charge in [0.2, 0.25) is 0 Å². The molecule has 2 aromatic heterocycles. The van der Waals surface area contributed by atoms with Crippen LogP contribution in [0.3, 0.4) is 0 Å². The molecule has 1 fully saturated rings. The summed E-state index contributed by atoms with van der Waals surface area (Å²) in [4.78, 5) is 6.42. The Balaban J connectivity index is 1.72. The van der Waals surface area contributed by atoms with Crippen LogP contribution in [0.1, 0.15) is 34.7 Å². The topological polar surface area (TPSA) is 33.1 Å². The van der Waals surface area contributed by atoms with Crippen molar-refractivity contribution < 1.29 is 4.39 Å². The van der Waals surface area contributed by atoms with E-state index < -0.39 is 0 Å². The van der Waals surface area contributed by atoms with Crippen LogP contribution in [0.15, 0.2) is 72.9 Å². The van der Waals surface area contributed by atoms with Crippen LogP contribution in [0.4, 0.5) is 10.1 Å². The molecule has 0 saturated carbocycles. The number of anilines is 1. The molecule has 1 aliphatic heterocycles. The molecule has 0 spiro atoms. The van der Waals surface area contributed by atoms with E-state index in [-0.39, 0.29) is 17.9 Å². The van der Waals surface area contributed by atoms with E-state index >= 15 is 0 Å². The van der Waals surface area contributed by atoms with Gasteiger partial charge in [-0.15, -0.1) is 0 Å². The van der Waals surface area contributed by atoms with E-state index in [4.69, 9.17) is 35.4 Å². The molecule has 1 N–H and O–H groups in total. The van der Waals surface area contributed by atoms with Crippen molar-refractivity contribution in [1.29, 1.82) is 0 Å². The number of aryl methyl sites for hydroxylation is 1. The molecule has 0 amide bonds. The summed E-state index contributed by atoms with van der Waals surface area (Å²) in [6, 6.07) is 19.5. The van der Waals surface area contributed by atoms with E-state index in [2.05, 4.69) is 20.9 Å². The maximum atomic E-state index is 15.0. The first-order valence-corrected chi connectivity index (χ1v) is 11.9. The lowest BCUT2D eigenvalue weighted by Crippen LogP contribution is -2.30. The van der Waals surface area contributed by atoms with Gasteiger partial charge in [-0.05, 0) is 74.1 Å². The highest BCUT2D eigenvalue weighted by atomic mass is 35.5. The number of thiocarbonyl (C=S) groups is 1. The summed E-state index contributed by atoms with van der Waals surface area (Å²) in [6.07, 6.45) is 1.75. The molecule has 4 nitrogen and oxygen atoms in total. The average Bonchev–Trinajstić information content (AvgIpc) is 3.32. The van der Waals surface area contributed by atoms with Crippen molar-refractivity contribution >= 4 is 46.2 Å². The highest BCUT2D eigenvalue weighted by molar-refractivity contribution is 7.80. The first kappa shape index (κ1) is 22.8. The Morgan fingerprint density at radius 3 is 2.44 bits per heavy atom. The minimum absolute atomic E-state index is 0.280. The highest BCUT2D eigenvalue weighted by Gasteiger charge is 2.43. The molecule has 2 atom stereocenters. The van der Waals surface area contributed by atoms with Gasteiger partial charge in [0.1, 0.15) is 5.82 Å². The number of aromatic nitrogens is 2. The number of hydrogen-bond donors (Lipinski definition) is 1. The van der Waals surface area contributed by atoms with Gasteiger partial charge in [-0.1, -0.05) is 47.5 Å². The minimum atomic E-state index is -0.343. The molecule has 1 saturated heterocycles. The zero-order valence-electron chi connectivity index (χ0n) is 18.5. The van der Waals surface area contributed by atoms with Crippen molar-refractivity contribution in [3.8, 4) is 5.69 Å². The van der Waals surface area contributed by atoms with Crippen molar-refractivity contribution in [1.82, 2.24) is 14.9 Å². The van der Waals surface area contributed by atoms with Gasteiger partial charge in [-0.3, -0.25) is 4.98 Å². The largest absolute Gasteiger partial charge is 0.351 e. The van der Waals surface area contributed by atoms with Gasteiger partial charge in [0.05, 0.1) is 39.2 Å². The molecule has 0 radical (unpaired) electrons. The number of nitrogens with one attached hydrogen (secondary N) is 1. The summed E-state index contributed by atoms with van der Waals surface area (Å²) in [5.74, 6) is -0.343. The number of rotatable bonds is 4. The van der Waals surface area contributed by atoms with Gasteiger partial charge in [0.25, 0.3) is 0 Å². The lowest BCUT2D eigenvalue weighted by Gasteiger charge is -2.28. The lowest BCUT2D eigenvalue weighted by atomic mass is 9.96. The number of benzene rings is 2. The number of halogens is 3. The van der Waals surface area contributed by atoms with Crippen molar-refractivity contribution in [2.24, 2.45) is 0 Å². The Hall–Kier alpha value is -2.93. The van der Waals surface area contributed by atoms with Gasteiger partial charge in [0, 0.05) is 17.6 Å². The predicted octanol–water partition coefficient (Wildman–Crippen LogP) is 7.11. The summed E-state index contributed by atoms with van der Waals surface area (Å²) < 4.78 is 17.1. The fraction of sp³-hybridized carbons (Fsp3) is 0.154. The van der Waals surface area contributed by atoms with Gasteiger partial charge in [-0.2, -0.15) is 0 Å². The second kappa shape index (κ2) is 9.02. The molecule has 8 heteroatoms. The number of hydrogen-bond acceptors (Lipinski definition) is 2.